The number of nitrogens with zero attached hydrogens (tertiary/aromatic N) is 1. The number of rotatable bonds is 6. The van der Waals surface area contributed by atoms with Crippen molar-refractivity contribution in [3.63, 3.8) is 0 Å². The molecule has 0 aliphatic carbocycles. The molecule has 0 aliphatic rings. The highest BCUT2D eigenvalue weighted by Crippen LogP contribution is 2.42. The van der Waals surface area contributed by atoms with Gasteiger partial charge in [0.1, 0.15) is 5.75 Å². The molecule has 140 valence electrons. The predicted molar refractivity (Wildman–Crippen MR) is 113 cm³/mol. The Morgan fingerprint density at radius 3 is 2.37 bits per heavy atom. The first-order valence-corrected chi connectivity index (χ1v) is 9.86. The fourth-order valence-corrected chi connectivity index (χ4v) is 4.07. The molecule has 2 N–H and O–H groups in total. The van der Waals surface area contributed by atoms with Crippen molar-refractivity contribution in [3.8, 4) is 5.75 Å². The quantitative estimate of drug-likeness (QED) is 0.490. The average molecular weight is 400 g/mol. The summed E-state index contributed by atoms with van der Waals surface area (Å²) in [5.41, 5.74) is 3.26. The molecule has 3 rings (SSSR count). The normalized spacial score (nSPS) is 12.0. The highest BCUT2D eigenvalue weighted by Gasteiger charge is 2.20. The van der Waals surface area contributed by atoms with Crippen molar-refractivity contribution in [2.24, 2.45) is 0 Å². The summed E-state index contributed by atoms with van der Waals surface area (Å²) in [4.78, 5) is 1.09. The Balaban J connectivity index is 2.05. The molecule has 0 radical (unpaired) electrons. The van der Waals surface area contributed by atoms with Gasteiger partial charge in [0.15, 0.2) is 0 Å². The van der Waals surface area contributed by atoms with Gasteiger partial charge in [-0.1, -0.05) is 60.1 Å². The lowest BCUT2D eigenvalue weighted by atomic mass is 10.1. The van der Waals surface area contributed by atoms with Gasteiger partial charge in [-0.15, -0.1) is 0 Å². The molecule has 0 heterocycles. The van der Waals surface area contributed by atoms with Gasteiger partial charge >= 0.3 is 0 Å². The van der Waals surface area contributed by atoms with Crippen molar-refractivity contribution >= 4 is 29.2 Å². The van der Waals surface area contributed by atoms with E-state index in [0.717, 1.165) is 16.0 Å². The molecule has 0 spiro atoms. The van der Waals surface area contributed by atoms with E-state index in [1.807, 2.05) is 46.8 Å². The van der Waals surface area contributed by atoms with Gasteiger partial charge in [0.2, 0.25) is 0 Å². The summed E-state index contributed by atoms with van der Waals surface area (Å²) in [5, 5.41) is 21.3. The van der Waals surface area contributed by atoms with Gasteiger partial charge in [0, 0.05) is 15.5 Å². The zero-order valence-corrected chi connectivity index (χ0v) is 16.8. The van der Waals surface area contributed by atoms with Gasteiger partial charge in [0.05, 0.1) is 18.3 Å². The Labute approximate surface area is 169 Å². The largest absolute Gasteiger partial charge is 0.505 e. The van der Waals surface area contributed by atoms with E-state index in [0.29, 0.717) is 22.8 Å². The summed E-state index contributed by atoms with van der Waals surface area (Å²) in [6.45, 7) is 4.25. The number of aliphatic hydroxyl groups is 1. The van der Waals surface area contributed by atoms with E-state index in [-0.39, 0.29) is 5.75 Å². The molecular formula is C22H22ClNO2S. The molecule has 0 saturated carbocycles. The van der Waals surface area contributed by atoms with E-state index < -0.39 is 6.10 Å². The monoisotopic (exact) mass is 399 g/mol. The van der Waals surface area contributed by atoms with Crippen LogP contribution in [-0.4, -0.2) is 10.2 Å². The Kier molecular flexibility index (Phi) is 6.32. The number of phenols is 1. The lowest BCUT2D eigenvalue weighted by Crippen LogP contribution is -2.15. The number of benzene rings is 3. The number of halogens is 1. The zero-order chi connectivity index (χ0) is 19.4. The maximum absolute atomic E-state index is 10.8. The van der Waals surface area contributed by atoms with Crippen molar-refractivity contribution in [1.82, 2.24) is 0 Å². The van der Waals surface area contributed by atoms with Crippen LogP contribution in [0.4, 0.5) is 5.69 Å². The molecule has 3 aromatic rings. The third-order valence-corrected chi connectivity index (χ3v) is 5.69. The number of aryl methyl sites for hydroxylation is 1. The second-order valence-corrected chi connectivity index (χ2v) is 7.92. The van der Waals surface area contributed by atoms with Crippen molar-refractivity contribution in [3.05, 3.63) is 88.4 Å². The summed E-state index contributed by atoms with van der Waals surface area (Å²) in [6, 6.07) is 21.5. The van der Waals surface area contributed by atoms with E-state index in [4.69, 9.17) is 11.6 Å². The third-order valence-electron chi connectivity index (χ3n) is 4.27. The third kappa shape index (κ3) is 4.78. The molecule has 0 aromatic heterocycles. The maximum atomic E-state index is 10.8. The molecule has 27 heavy (non-hydrogen) atoms. The van der Waals surface area contributed by atoms with Crippen LogP contribution in [0.15, 0.2) is 71.6 Å². The molecular weight excluding hydrogens is 378 g/mol. The highest BCUT2D eigenvalue weighted by molar-refractivity contribution is 8.00. The number of aromatic hydroxyl groups is 1. The van der Waals surface area contributed by atoms with Crippen LogP contribution in [0.3, 0.4) is 0 Å². The Morgan fingerprint density at radius 1 is 1.04 bits per heavy atom. The summed E-state index contributed by atoms with van der Waals surface area (Å²) >= 11 is 7.83. The summed E-state index contributed by atoms with van der Waals surface area (Å²) < 4.78 is 2.00. The first-order chi connectivity index (χ1) is 13.0. The van der Waals surface area contributed by atoms with Crippen molar-refractivity contribution in [2.75, 3.05) is 4.31 Å². The van der Waals surface area contributed by atoms with Crippen molar-refractivity contribution in [1.29, 1.82) is 0 Å². The molecule has 0 fully saturated rings. The van der Waals surface area contributed by atoms with Gasteiger partial charge < -0.3 is 14.5 Å². The highest BCUT2D eigenvalue weighted by atomic mass is 35.5. The molecule has 5 heteroatoms. The number of hydrogen-bond acceptors (Lipinski definition) is 4. The van der Waals surface area contributed by atoms with E-state index in [1.54, 1.807) is 19.1 Å². The fraction of sp³-hybridized carbons (Fsp3) is 0.182. The first kappa shape index (κ1) is 19.6. The predicted octanol–water partition coefficient (Wildman–Crippen LogP) is 6.12. The summed E-state index contributed by atoms with van der Waals surface area (Å²) in [6.07, 6.45) is -0.815. The van der Waals surface area contributed by atoms with Crippen LogP contribution in [0, 0.1) is 6.92 Å². The molecule has 3 aromatic carbocycles. The van der Waals surface area contributed by atoms with E-state index >= 15 is 0 Å². The van der Waals surface area contributed by atoms with E-state index in [2.05, 4.69) is 19.1 Å². The van der Waals surface area contributed by atoms with Gasteiger partial charge in [-0.2, -0.15) is 0 Å². The van der Waals surface area contributed by atoms with Gasteiger partial charge in [-0.25, -0.2) is 0 Å². The molecule has 0 bridgehead atoms. The number of anilines is 1. The fourth-order valence-electron chi connectivity index (χ4n) is 2.81. The zero-order valence-electron chi connectivity index (χ0n) is 15.3. The van der Waals surface area contributed by atoms with Crippen LogP contribution in [-0.2, 0) is 6.54 Å². The summed E-state index contributed by atoms with van der Waals surface area (Å²) in [5.74, 6) is 0.0476. The average Bonchev–Trinajstić information content (AvgIpc) is 2.65. The standard InChI is InChI=1S/C22H22ClNO2S/c1-15-8-6-7-11-21(15)27-24(14-17-9-4-3-5-10-17)20-13-18(23)12-19(16(2)25)22(20)26/h3-13,16,25-26H,14H2,1-2H3. The van der Waals surface area contributed by atoms with Gasteiger partial charge in [-0.3, -0.25) is 0 Å². The van der Waals surface area contributed by atoms with Crippen LogP contribution < -0.4 is 4.31 Å². The molecule has 0 aliphatic heterocycles. The van der Waals surface area contributed by atoms with Crippen LogP contribution in [0.1, 0.15) is 29.7 Å². The van der Waals surface area contributed by atoms with Crippen LogP contribution in [0.25, 0.3) is 0 Å². The topological polar surface area (TPSA) is 43.7 Å². The number of aliphatic hydroxyl groups excluding tert-OH is 1. The number of hydrogen-bond donors (Lipinski definition) is 2. The lowest BCUT2D eigenvalue weighted by molar-refractivity contribution is 0.195. The lowest BCUT2D eigenvalue weighted by Gasteiger charge is -2.26. The SMILES string of the molecule is Cc1ccccc1SN(Cc1ccccc1)c1cc(Cl)cc(C(C)O)c1O. The minimum Gasteiger partial charge on any atom is -0.505 e. The van der Waals surface area contributed by atoms with Crippen molar-refractivity contribution in [2.45, 2.75) is 31.4 Å². The van der Waals surface area contributed by atoms with Crippen LogP contribution >= 0.6 is 23.5 Å². The second-order valence-electron chi connectivity index (χ2n) is 6.42. The van der Waals surface area contributed by atoms with E-state index in [1.165, 1.54) is 11.9 Å². The summed E-state index contributed by atoms with van der Waals surface area (Å²) in [7, 11) is 0. The van der Waals surface area contributed by atoms with Gasteiger partial charge in [0.25, 0.3) is 0 Å². The minimum absolute atomic E-state index is 0.0476. The van der Waals surface area contributed by atoms with Crippen molar-refractivity contribution < 1.29 is 10.2 Å². The smallest absolute Gasteiger partial charge is 0.145 e. The van der Waals surface area contributed by atoms with Crippen LogP contribution in [0.2, 0.25) is 5.02 Å². The van der Waals surface area contributed by atoms with E-state index in [9.17, 15) is 10.2 Å². The molecule has 1 atom stereocenters. The maximum Gasteiger partial charge on any atom is 0.145 e. The number of phenolic OH excluding ortho intramolecular Hbond substituents is 1. The van der Waals surface area contributed by atoms with Gasteiger partial charge in [-0.05, 0) is 55.1 Å². The Morgan fingerprint density at radius 2 is 1.70 bits per heavy atom. The first-order valence-electron chi connectivity index (χ1n) is 8.71. The Hall–Kier alpha value is -2.14. The molecule has 0 amide bonds. The van der Waals surface area contributed by atoms with Crippen LogP contribution in [0.5, 0.6) is 5.75 Å². The Bertz CT molecular complexity index is 915. The minimum atomic E-state index is -0.815. The molecule has 1 unspecified atom stereocenters. The molecule has 0 saturated heterocycles. The second kappa shape index (κ2) is 8.70. The molecule has 3 nitrogen and oxygen atoms in total.